The van der Waals surface area contributed by atoms with E-state index in [-0.39, 0.29) is 0 Å². The topological polar surface area (TPSA) is 46.3 Å². The van der Waals surface area contributed by atoms with E-state index < -0.39 is 0 Å². The summed E-state index contributed by atoms with van der Waals surface area (Å²) in [5.74, 6) is 0.819. The van der Waals surface area contributed by atoms with Gasteiger partial charge in [0.15, 0.2) is 0 Å². The van der Waals surface area contributed by atoms with Crippen molar-refractivity contribution in [3.05, 3.63) is 11.6 Å². The summed E-state index contributed by atoms with van der Waals surface area (Å²) in [6.07, 6.45) is 10.00. The molecular formula is C15H26N2O. The first-order valence-electron chi connectivity index (χ1n) is 7.38. The van der Waals surface area contributed by atoms with E-state index >= 15 is 0 Å². The summed E-state index contributed by atoms with van der Waals surface area (Å²) in [6, 6.07) is 0.393. The zero-order chi connectivity index (χ0) is 13.0. The molecular weight excluding hydrogens is 224 g/mol. The van der Waals surface area contributed by atoms with Gasteiger partial charge in [0.05, 0.1) is 0 Å². The molecule has 2 unspecified atom stereocenters. The quantitative estimate of drug-likeness (QED) is 0.782. The first-order valence-corrected chi connectivity index (χ1v) is 7.38. The van der Waals surface area contributed by atoms with Crippen molar-refractivity contribution in [2.45, 2.75) is 57.9 Å². The highest BCUT2D eigenvalue weighted by Crippen LogP contribution is 2.25. The molecule has 3 nitrogen and oxygen atoms in total. The molecule has 3 heteroatoms. The Bertz CT molecular complexity index is 324. The molecule has 1 heterocycles. The Morgan fingerprint density at radius 2 is 2.28 bits per heavy atom. The van der Waals surface area contributed by atoms with Gasteiger partial charge >= 0.3 is 0 Å². The molecule has 2 N–H and O–H groups in total. The lowest BCUT2D eigenvalue weighted by atomic mass is 9.92. The van der Waals surface area contributed by atoms with Gasteiger partial charge in [0.1, 0.15) is 0 Å². The third-order valence-electron chi connectivity index (χ3n) is 4.40. The van der Waals surface area contributed by atoms with Gasteiger partial charge in [-0.1, -0.05) is 11.6 Å². The largest absolute Gasteiger partial charge is 0.339 e. The summed E-state index contributed by atoms with van der Waals surface area (Å²) < 4.78 is 0. The molecule has 2 aliphatic rings. The van der Waals surface area contributed by atoms with E-state index in [1.54, 1.807) is 0 Å². The van der Waals surface area contributed by atoms with E-state index in [0.717, 1.165) is 25.8 Å². The van der Waals surface area contributed by atoms with Crippen molar-refractivity contribution in [3.63, 3.8) is 0 Å². The van der Waals surface area contributed by atoms with Gasteiger partial charge in [0, 0.05) is 19.0 Å². The lowest BCUT2D eigenvalue weighted by Gasteiger charge is -2.38. The van der Waals surface area contributed by atoms with Crippen molar-refractivity contribution in [2.24, 2.45) is 11.7 Å². The molecule has 2 rings (SSSR count). The molecule has 0 radical (unpaired) electrons. The van der Waals surface area contributed by atoms with Gasteiger partial charge in [-0.2, -0.15) is 0 Å². The summed E-state index contributed by atoms with van der Waals surface area (Å²) in [6.45, 7) is 3.74. The average Bonchev–Trinajstić information content (AvgIpc) is 2.40. The highest BCUT2D eigenvalue weighted by atomic mass is 16.2. The smallest absolute Gasteiger partial charge is 0.226 e. The lowest BCUT2D eigenvalue weighted by Crippen LogP contribution is -2.47. The minimum Gasteiger partial charge on any atom is -0.339 e. The second kappa shape index (κ2) is 6.37. The molecule has 0 aromatic heterocycles. The number of rotatable bonds is 3. The van der Waals surface area contributed by atoms with Crippen LogP contribution in [0.2, 0.25) is 0 Å². The third-order valence-corrected chi connectivity index (χ3v) is 4.40. The molecule has 1 fully saturated rings. The monoisotopic (exact) mass is 250 g/mol. The Morgan fingerprint density at radius 1 is 1.44 bits per heavy atom. The summed E-state index contributed by atoms with van der Waals surface area (Å²) in [5.41, 5.74) is 7.10. The fraction of sp³-hybridized carbons (Fsp3) is 0.800. The zero-order valence-electron chi connectivity index (χ0n) is 11.5. The number of hydrogen-bond donors (Lipinski definition) is 1. The first kappa shape index (κ1) is 13.6. The molecule has 0 aromatic carbocycles. The number of allylic oxidation sites excluding steroid dienone is 1. The van der Waals surface area contributed by atoms with Crippen molar-refractivity contribution in [2.75, 3.05) is 13.1 Å². The molecule has 0 aromatic rings. The number of nitrogens with two attached hydrogens (primary N) is 1. The van der Waals surface area contributed by atoms with Crippen LogP contribution in [-0.2, 0) is 4.79 Å². The third kappa shape index (κ3) is 3.35. The van der Waals surface area contributed by atoms with Gasteiger partial charge in [0.2, 0.25) is 5.91 Å². The summed E-state index contributed by atoms with van der Waals surface area (Å²) in [5, 5.41) is 0. The van der Waals surface area contributed by atoms with Gasteiger partial charge < -0.3 is 10.6 Å². The van der Waals surface area contributed by atoms with Crippen LogP contribution in [0.3, 0.4) is 0 Å². The highest BCUT2D eigenvalue weighted by molar-refractivity contribution is 5.79. The number of carbonyl (C=O) groups excluding carboxylic acids is 1. The minimum absolute atomic E-state index is 0.314. The van der Waals surface area contributed by atoms with E-state index in [2.05, 4.69) is 17.9 Å². The van der Waals surface area contributed by atoms with Crippen LogP contribution in [0.15, 0.2) is 11.6 Å². The molecule has 1 amide bonds. The maximum atomic E-state index is 12.4. The molecule has 0 bridgehead atoms. The normalized spacial score (nSPS) is 29.0. The molecule has 1 saturated heterocycles. The fourth-order valence-electron chi connectivity index (χ4n) is 3.08. The number of amides is 1. The second-order valence-electron chi connectivity index (χ2n) is 5.86. The van der Waals surface area contributed by atoms with Crippen LogP contribution in [-0.4, -0.2) is 29.9 Å². The predicted molar refractivity (Wildman–Crippen MR) is 74.1 cm³/mol. The van der Waals surface area contributed by atoms with E-state index in [1.807, 2.05) is 0 Å². The van der Waals surface area contributed by atoms with Crippen LogP contribution in [0, 0.1) is 5.92 Å². The number of nitrogens with zero attached hydrogens (tertiary/aromatic N) is 1. The molecule has 1 aliphatic carbocycles. The molecule has 102 valence electrons. The van der Waals surface area contributed by atoms with E-state index in [0.29, 0.717) is 30.8 Å². The van der Waals surface area contributed by atoms with Crippen LogP contribution in [0.25, 0.3) is 0 Å². The van der Waals surface area contributed by atoms with E-state index in [1.165, 1.54) is 24.8 Å². The first-order chi connectivity index (χ1) is 8.70. The molecule has 0 spiro atoms. The average molecular weight is 250 g/mol. The Labute approximate surface area is 110 Å². The van der Waals surface area contributed by atoms with Crippen molar-refractivity contribution in [3.8, 4) is 0 Å². The SMILES string of the molecule is CC1CCC(CN)CN1C(=O)CC1=CCCCC1. The number of likely N-dealkylation sites (tertiary alicyclic amines) is 1. The highest BCUT2D eigenvalue weighted by Gasteiger charge is 2.28. The minimum atomic E-state index is 0.314. The molecule has 18 heavy (non-hydrogen) atoms. The van der Waals surface area contributed by atoms with Crippen molar-refractivity contribution in [1.82, 2.24) is 4.90 Å². The molecule has 2 atom stereocenters. The maximum absolute atomic E-state index is 12.4. The number of carbonyl (C=O) groups is 1. The van der Waals surface area contributed by atoms with E-state index in [4.69, 9.17) is 5.73 Å². The van der Waals surface area contributed by atoms with Gasteiger partial charge in [-0.15, -0.1) is 0 Å². The Kier molecular flexibility index (Phi) is 4.81. The van der Waals surface area contributed by atoms with E-state index in [9.17, 15) is 4.79 Å². The van der Waals surface area contributed by atoms with Crippen molar-refractivity contribution in [1.29, 1.82) is 0 Å². The summed E-state index contributed by atoms with van der Waals surface area (Å²) >= 11 is 0. The van der Waals surface area contributed by atoms with Crippen molar-refractivity contribution >= 4 is 5.91 Å². The molecule has 1 aliphatic heterocycles. The Hall–Kier alpha value is -0.830. The van der Waals surface area contributed by atoms with Crippen molar-refractivity contribution < 1.29 is 4.79 Å². The lowest BCUT2D eigenvalue weighted by molar-refractivity contribution is -0.134. The number of hydrogen-bond acceptors (Lipinski definition) is 2. The standard InChI is InChI=1S/C15H26N2O/c1-12-7-8-14(10-16)11-17(12)15(18)9-13-5-3-2-4-6-13/h5,12,14H,2-4,6-11,16H2,1H3. The Balaban J connectivity index is 1.92. The zero-order valence-corrected chi connectivity index (χ0v) is 11.5. The predicted octanol–water partition coefficient (Wildman–Crippen LogP) is 2.46. The van der Waals surface area contributed by atoms with Crippen LogP contribution in [0.5, 0.6) is 0 Å². The fourth-order valence-corrected chi connectivity index (χ4v) is 3.08. The Morgan fingerprint density at radius 3 is 2.94 bits per heavy atom. The van der Waals surface area contributed by atoms with Crippen LogP contribution < -0.4 is 5.73 Å². The van der Waals surface area contributed by atoms with Gasteiger partial charge in [-0.05, 0) is 57.9 Å². The maximum Gasteiger partial charge on any atom is 0.226 e. The summed E-state index contributed by atoms with van der Waals surface area (Å²) in [7, 11) is 0. The van der Waals surface area contributed by atoms with Gasteiger partial charge in [-0.3, -0.25) is 4.79 Å². The van der Waals surface area contributed by atoms with Crippen LogP contribution >= 0.6 is 0 Å². The summed E-state index contributed by atoms with van der Waals surface area (Å²) in [4.78, 5) is 14.4. The van der Waals surface area contributed by atoms with Gasteiger partial charge in [-0.25, -0.2) is 0 Å². The van der Waals surface area contributed by atoms with Crippen LogP contribution in [0.4, 0.5) is 0 Å². The molecule has 0 saturated carbocycles. The number of piperidine rings is 1. The van der Waals surface area contributed by atoms with Crippen LogP contribution in [0.1, 0.15) is 51.9 Å². The van der Waals surface area contributed by atoms with Gasteiger partial charge in [0.25, 0.3) is 0 Å². The second-order valence-corrected chi connectivity index (χ2v) is 5.86.